The molecule has 0 unspecified atom stereocenters. The lowest BCUT2D eigenvalue weighted by Gasteiger charge is -2.10. The first kappa shape index (κ1) is 34.0. The second kappa shape index (κ2) is 14.3. The van der Waals surface area contributed by atoms with Gasteiger partial charge >= 0.3 is 0 Å². The van der Waals surface area contributed by atoms with Crippen LogP contribution in [0.4, 0.5) is 0 Å². The predicted molar refractivity (Wildman–Crippen MR) is 241 cm³/mol. The third-order valence-electron chi connectivity index (χ3n) is 10.9. The Bertz CT molecular complexity index is 3180. The summed E-state index contributed by atoms with van der Waals surface area (Å²) in [4.78, 5) is 5.15. The first-order valence-electron chi connectivity index (χ1n) is 19.3. The number of benzene rings is 8. The van der Waals surface area contributed by atoms with Crippen molar-refractivity contribution in [2.75, 3.05) is 0 Å². The van der Waals surface area contributed by atoms with E-state index in [9.17, 15) is 0 Å². The van der Waals surface area contributed by atoms with Crippen LogP contribution in [0.2, 0.25) is 0 Å². The fourth-order valence-electron chi connectivity index (χ4n) is 8.11. The summed E-state index contributed by atoms with van der Waals surface area (Å²) in [6, 6.07) is 68.2. The Balaban J connectivity index is 1.05. The molecular weight excluding hydrogens is 693 g/mol. The molecule has 0 spiro atoms. The number of furan rings is 1. The minimum Gasteiger partial charge on any atom is -0.456 e. The molecule has 57 heavy (non-hydrogen) atoms. The average molecular weight is 731 g/mol. The van der Waals surface area contributed by atoms with Crippen molar-refractivity contribution >= 4 is 60.7 Å². The third-order valence-corrected chi connectivity index (χ3v) is 10.9. The summed E-state index contributed by atoms with van der Waals surface area (Å²) < 4.78 is 8.84. The van der Waals surface area contributed by atoms with Crippen LogP contribution in [0.1, 0.15) is 23.6 Å². The van der Waals surface area contributed by atoms with E-state index in [1.165, 1.54) is 21.8 Å². The number of nitrogens with zero attached hydrogens (tertiary/aromatic N) is 2. The molecule has 0 radical (unpaired) electrons. The van der Waals surface area contributed by atoms with E-state index in [2.05, 4.69) is 194 Å². The highest BCUT2D eigenvalue weighted by atomic mass is 16.3. The molecule has 2 heterocycles. The van der Waals surface area contributed by atoms with Crippen LogP contribution in [0, 0.1) is 0 Å². The van der Waals surface area contributed by atoms with Gasteiger partial charge in [-0.25, -0.2) is 4.99 Å². The van der Waals surface area contributed by atoms with Crippen molar-refractivity contribution in [2.45, 2.75) is 6.92 Å². The number of hydrogen-bond donors (Lipinski definition) is 0. The van der Waals surface area contributed by atoms with Gasteiger partial charge in [0.15, 0.2) is 0 Å². The van der Waals surface area contributed by atoms with E-state index in [1.807, 2.05) is 24.3 Å². The van der Waals surface area contributed by atoms with Gasteiger partial charge in [-0.05, 0) is 101 Å². The quantitative estimate of drug-likeness (QED) is 0.143. The summed E-state index contributed by atoms with van der Waals surface area (Å²) in [5.41, 5.74) is 15.6. The first-order chi connectivity index (χ1) is 28.1. The van der Waals surface area contributed by atoms with Crippen molar-refractivity contribution < 1.29 is 4.42 Å². The van der Waals surface area contributed by atoms with Gasteiger partial charge in [0.05, 0.1) is 22.4 Å². The number of fused-ring (bicyclic) bond motifs is 6. The smallest absolute Gasteiger partial charge is 0.136 e. The van der Waals surface area contributed by atoms with Gasteiger partial charge in [-0.2, -0.15) is 0 Å². The van der Waals surface area contributed by atoms with Crippen LogP contribution >= 0.6 is 0 Å². The van der Waals surface area contributed by atoms with E-state index in [-0.39, 0.29) is 0 Å². The topological polar surface area (TPSA) is 30.4 Å². The summed E-state index contributed by atoms with van der Waals surface area (Å²) in [6.45, 7) is 6.60. The Morgan fingerprint density at radius 1 is 0.509 bits per heavy atom. The Kier molecular flexibility index (Phi) is 8.54. The maximum Gasteiger partial charge on any atom is 0.136 e. The van der Waals surface area contributed by atoms with E-state index in [4.69, 9.17) is 9.41 Å². The Hall–Kier alpha value is -7.49. The van der Waals surface area contributed by atoms with Gasteiger partial charge in [-0.3, -0.25) is 0 Å². The summed E-state index contributed by atoms with van der Waals surface area (Å²) in [5.74, 6) is 0. The van der Waals surface area contributed by atoms with Gasteiger partial charge in [-0.15, -0.1) is 0 Å². The van der Waals surface area contributed by atoms with Gasteiger partial charge in [0.25, 0.3) is 0 Å². The fraction of sp³-hybridized carbons (Fsp3) is 0.0185. The number of hydrogen-bond acceptors (Lipinski definition) is 2. The van der Waals surface area contributed by atoms with E-state index < -0.39 is 0 Å². The molecule has 0 saturated carbocycles. The Morgan fingerprint density at radius 3 is 1.93 bits per heavy atom. The Labute approximate surface area is 331 Å². The summed E-state index contributed by atoms with van der Waals surface area (Å²) in [5, 5.41) is 4.64. The molecule has 0 amide bonds. The summed E-state index contributed by atoms with van der Waals surface area (Å²) in [7, 11) is 0. The van der Waals surface area contributed by atoms with Gasteiger partial charge in [0.2, 0.25) is 0 Å². The zero-order valence-corrected chi connectivity index (χ0v) is 31.6. The van der Waals surface area contributed by atoms with Crippen LogP contribution in [0.3, 0.4) is 0 Å². The standard InChI is InChI=1S/C54H38N2O/c1-36(38-16-6-3-7-17-38)32-49(39-18-8-4-9-19-39)55-37(2)40-20-14-21-43(33-40)45-25-15-27-53-54(45)48-35-42(29-31-52(48)57-53)41-28-30-51-47(34-41)46-24-12-13-26-50(46)56(51)44-22-10-5-11-23-44/h3-35H,2H2,1H3/b36-32+,55-49?. The molecule has 0 fully saturated rings. The molecule has 270 valence electrons. The van der Waals surface area contributed by atoms with E-state index in [1.54, 1.807) is 0 Å². The third kappa shape index (κ3) is 6.26. The lowest BCUT2D eigenvalue weighted by Crippen LogP contribution is -1.99. The molecule has 0 aliphatic heterocycles. The second-order valence-corrected chi connectivity index (χ2v) is 14.5. The highest BCUT2D eigenvalue weighted by Gasteiger charge is 2.17. The van der Waals surface area contributed by atoms with E-state index >= 15 is 0 Å². The van der Waals surface area contributed by atoms with Crippen molar-refractivity contribution in [3.8, 4) is 27.9 Å². The summed E-state index contributed by atoms with van der Waals surface area (Å²) >= 11 is 0. The van der Waals surface area contributed by atoms with Crippen LogP contribution in [0.25, 0.3) is 83.0 Å². The van der Waals surface area contributed by atoms with E-state index in [0.29, 0.717) is 5.70 Å². The van der Waals surface area contributed by atoms with Crippen molar-refractivity contribution in [3.63, 3.8) is 0 Å². The Morgan fingerprint density at radius 2 is 1.14 bits per heavy atom. The fourth-order valence-corrected chi connectivity index (χ4v) is 8.11. The zero-order chi connectivity index (χ0) is 38.3. The highest BCUT2D eigenvalue weighted by molar-refractivity contribution is 6.15. The predicted octanol–water partition coefficient (Wildman–Crippen LogP) is 14.6. The van der Waals surface area contributed by atoms with Crippen LogP contribution in [-0.4, -0.2) is 10.3 Å². The van der Waals surface area contributed by atoms with Gasteiger partial charge in [0.1, 0.15) is 11.2 Å². The van der Waals surface area contributed by atoms with Gasteiger partial charge in [-0.1, -0.05) is 146 Å². The maximum atomic E-state index is 6.49. The monoisotopic (exact) mass is 730 g/mol. The second-order valence-electron chi connectivity index (χ2n) is 14.5. The largest absolute Gasteiger partial charge is 0.456 e. The van der Waals surface area contributed by atoms with E-state index in [0.717, 1.165) is 77.9 Å². The lowest BCUT2D eigenvalue weighted by atomic mass is 9.95. The van der Waals surface area contributed by atoms with Crippen LogP contribution in [0.5, 0.6) is 0 Å². The molecule has 0 atom stereocenters. The molecule has 0 N–H and O–H groups in total. The van der Waals surface area contributed by atoms with Crippen molar-refractivity contribution in [1.82, 2.24) is 4.57 Å². The first-order valence-corrected chi connectivity index (χ1v) is 19.3. The van der Waals surface area contributed by atoms with Gasteiger partial charge in [0, 0.05) is 38.4 Å². The number of aliphatic imine (C=N–C) groups is 1. The molecular formula is C54H38N2O. The molecule has 8 aromatic carbocycles. The van der Waals surface area contributed by atoms with Gasteiger partial charge < -0.3 is 8.98 Å². The number of para-hydroxylation sites is 2. The minimum atomic E-state index is 0.698. The van der Waals surface area contributed by atoms with Crippen LogP contribution in [-0.2, 0) is 0 Å². The zero-order valence-electron chi connectivity index (χ0n) is 31.6. The molecule has 0 aliphatic rings. The molecule has 0 bridgehead atoms. The summed E-state index contributed by atoms with van der Waals surface area (Å²) in [6.07, 6.45) is 2.15. The molecule has 3 nitrogen and oxygen atoms in total. The minimum absolute atomic E-state index is 0.698. The number of aromatic nitrogens is 1. The normalized spacial score (nSPS) is 12.2. The van der Waals surface area contributed by atoms with Crippen LogP contribution in [0.15, 0.2) is 216 Å². The number of allylic oxidation sites excluding steroid dienone is 2. The lowest BCUT2D eigenvalue weighted by molar-refractivity contribution is 0.669. The molecule has 0 aliphatic carbocycles. The maximum absolute atomic E-state index is 6.49. The molecule has 2 aromatic heterocycles. The SMILES string of the molecule is C=C(N=C(/C=C(\C)c1ccccc1)c1ccccc1)c1cccc(-c2cccc3oc4ccc(-c5ccc6c(c5)c5ccccc5n6-c5ccccc5)cc4c23)c1. The van der Waals surface area contributed by atoms with Crippen molar-refractivity contribution in [1.29, 1.82) is 0 Å². The molecule has 10 rings (SSSR count). The average Bonchev–Trinajstić information content (AvgIpc) is 3.82. The molecule has 10 aromatic rings. The molecule has 3 heteroatoms. The number of rotatable bonds is 8. The van der Waals surface area contributed by atoms with Crippen molar-refractivity contribution in [2.24, 2.45) is 4.99 Å². The van der Waals surface area contributed by atoms with Crippen LogP contribution < -0.4 is 0 Å². The van der Waals surface area contributed by atoms with Crippen molar-refractivity contribution in [3.05, 3.63) is 223 Å². The highest BCUT2D eigenvalue weighted by Crippen LogP contribution is 2.40. The molecule has 0 saturated heterocycles.